The van der Waals surface area contributed by atoms with Gasteiger partial charge in [-0.1, -0.05) is 0 Å². The van der Waals surface area contributed by atoms with Crippen LogP contribution in [0.4, 0.5) is 4.39 Å². The van der Waals surface area contributed by atoms with Crippen LogP contribution >= 0.6 is 0 Å². The minimum Gasteiger partial charge on any atom is -0.396 e. The highest BCUT2D eigenvalue weighted by molar-refractivity contribution is 5.94. The Morgan fingerprint density at radius 2 is 1.70 bits per heavy atom. The zero-order valence-electron chi connectivity index (χ0n) is 17.1. The van der Waals surface area contributed by atoms with Crippen molar-refractivity contribution >= 4 is 17.3 Å². The van der Waals surface area contributed by atoms with Gasteiger partial charge in [-0.15, -0.1) is 0 Å². The van der Waals surface area contributed by atoms with Crippen LogP contribution in [-0.2, 0) is 0 Å². The summed E-state index contributed by atoms with van der Waals surface area (Å²) in [5, 5.41) is 4.24. The number of aromatic nitrogens is 2. The molecule has 0 atom stereocenters. The molecule has 1 heterocycles. The van der Waals surface area contributed by atoms with Gasteiger partial charge in [-0.2, -0.15) is 0 Å². The molecule has 0 saturated heterocycles. The molecular formula is C22H25FN6O. The molecule has 30 heavy (non-hydrogen) atoms. The summed E-state index contributed by atoms with van der Waals surface area (Å²) in [4.78, 5) is 16.5. The Morgan fingerprint density at radius 1 is 1.10 bits per heavy atom. The molecule has 0 bridgehead atoms. The van der Waals surface area contributed by atoms with Gasteiger partial charge >= 0.3 is 0 Å². The maximum atomic E-state index is 13.2. The second kappa shape index (κ2) is 8.79. The highest BCUT2D eigenvalue weighted by Gasteiger charge is 2.15. The Kier molecular flexibility index (Phi) is 6.17. The van der Waals surface area contributed by atoms with Crippen LogP contribution in [0.3, 0.4) is 0 Å². The fourth-order valence-corrected chi connectivity index (χ4v) is 2.99. The molecule has 0 spiro atoms. The molecule has 0 saturated carbocycles. The molecule has 3 rings (SSSR count). The number of hydrogen-bond donors (Lipinski definition) is 3. The average Bonchev–Trinajstić information content (AvgIpc) is 3.17. The van der Waals surface area contributed by atoms with Crippen LogP contribution in [0, 0.1) is 5.82 Å². The van der Waals surface area contributed by atoms with Gasteiger partial charge in [0.15, 0.2) is 0 Å². The third kappa shape index (κ3) is 4.66. The second-order valence-corrected chi connectivity index (χ2v) is 7.22. The van der Waals surface area contributed by atoms with Gasteiger partial charge in [0.1, 0.15) is 17.2 Å². The number of imidazole rings is 1. The molecule has 1 amide bonds. The lowest BCUT2D eigenvalue weighted by Gasteiger charge is -2.18. The number of nitrogens with two attached hydrogens (primary N) is 2. The number of carbonyl (C=O) groups excluding carboxylic acids is 1. The first-order chi connectivity index (χ1) is 14.3. The summed E-state index contributed by atoms with van der Waals surface area (Å²) in [6.45, 7) is 3.83. The number of carbonyl (C=O) groups is 1. The summed E-state index contributed by atoms with van der Waals surface area (Å²) < 4.78 is 15.0. The van der Waals surface area contributed by atoms with Crippen molar-refractivity contribution in [2.45, 2.75) is 19.9 Å². The van der Waals surface area contributed by atoms with Crippen LogP contribution in [0.1, 0.15) is 35.5 Å². The number of nitrogens with zero attached hydrogens (tertiary/aromatic N) is 3. The van der Waals surface area contributed by atoms with Crippen molar-refractivity contribution in [1.82, 2.24) is 19.9 Å². The maximum absolute atomic E-state index is 13.2. The third-order valence-electron chi connectivity index (χ3n) is 4.44. The number of benzene rings is 2. The molecule has 2 aromatic carbocycles. The molecular weight excluding hydrogens is 383 g/mol. The topological polar surface area (TPSA) is 102 Å². The van der Waals surface area contributed by atoms with Crippen molar-refractivity contribution in [1.29, 1.82) is 0 Å². The van der Waals surface area contributed by atoms with Crippen LogP contribution in [0.15, 0.2) is 61.1 Å². The monoisotopic (exact) mass is 408 g/mol. The highest BCUT2D eigenvalue weighted by atomic mass is 19.1. The minimum atomic E-state index is -0.344. The van der Waals surface area contributed by atoms with E-state index in [0.717, 1.165) is 5.69 Å². The van der Waals surface area contributed by atoms with E-state index in [4.69, 9.17) is 11.6 Å². The van der Waals surface area contributed by atoms with Crippen molar-refractivity contribution in [2.24, 2.45) is 11.6 Å². The van der Waals surface area contributed by atoms with E-state index in [9.17, 15) is 9.18 Å². The van der Waals surface area contributed by atoms with E-state index in [1.54, 1.807) is 48.4 Å². The van der Waals surface area contributed by atoms with E-state index in [0.29, 0.717) is 28.2 Å². The van der Waals surface area contributed by atoms with Crippen molar-refractivity contribution in [3.05, 3.63) is 83.7 Å². The number of halogens is 1. The molecule has 8 heteroatoms. The normalized spacial score (nSPS) is 11.9. The molecule has 0 unspecified atom stereocenters. The number of hydrogen-bond acceptors (Lipinski definition) is 5. The summed E-state index contributed by atoms with van der Waals surface area (Å²) >= 11 is 0. The lowest BCUT2D eigenvalue weighted by molar-refractivity contribution is 0.0943. The summed E-state index contributed by atoms with van der Waals surface area (Å²) in [7, 11) is 1.66. The van der Waals surface area contributed by atoms with Gasteiger partial charge in [0.2, 0.25) is 0 Å². The smallest absolute Gasteiger partial charge is 0.251 e. The molecule has 0 fully saturated rings. The summed E-state index contributed by atoms with van der Waals surface area (Å²) in [5.41, 5.74) is 9.80. The largest absolute Gasteiger partial charge is 0.396 e. The van der Waals surface area contributed by atoms with Crippen LogP contribution in [0.5, 0.6) is 0 Å². The zero-order chi connectivity index (χ0) is 21.8. The summed E-state index contributed by atoms with van der Waals surface area (Å²) in [6.07, 6.45) is 3.43. The molecule has 0 aliphatic heterocycles. The maximum Gasteiger partial charge on any atom is 0.251 e. The number of amides is 1. The zero-order valence-corrected chi connectivity index (χ0v) is 17.1. The molecule has 0 aliphatic rings. The van der Waals surface area contributed by atoms with Gasteiger partial charge in [-0.25, -0.2) is 15.2 Å². The Balaban J connectivity index is 1.91. The van der Waals surface area contributed by atoms with E-state index >= 15 is 0 Å². The Morgan fingerprint density at radius 3 is 2.27 bits per heavy atom. The average molecular weight is 408 g/mol. The van der Waals surface area contributed by atoms with Gasteiger partial charge < -0.3 is 20.6 Å². The SMILES string of the molecule is CC(C)NC(=O)c1ccc(-n2cnc(/C(=C(/N)c3ccc(F)cc3)N(C)N)c2)cc1. The third-order valence-corrected chi connectivity index (χ3v) is 4.44. The molecule has 156 valence electrons. The number of rotatable bonds is 6. The van der Waals surface area contributed by atoms with Crippen LogP contribution in [0.2, 0.25) is 0 Å². The molecule has 1 aromatic heterocycles. The molecule has 7 nitrogen and oxygen atoms in total. The fraction of sp³-hybridized carbons (Fsp3) is 0.182. The predicted octanol–water partition coefficient (Wildman–Crippen LogP) is 2.74. The first-order valence-corrected chi connectivity index (χ1v) is 9.46. The standard InChI is InChI=1S/C22H25FN6O/c1-14(2)27-22(30)16-6-10-18(11-7-16)29-12-19(26-13-29)21(28(3)25)20(24)15-4-8-17(23)9-5-15/h4-14H,24-25H2,1-3H3,(H,27,30)/b21-20-. The highest BCUT2D eigenvalue weighted by Crippen LogP contribution is 2.24. The first-order valence-electron chi connectivity index (χ1n) is 9.46. The lowest BCUT2D eigenvalue weighted by atomic mass is 10.1. The van der Waals surface area contributed by atoms with E-state index in [2.05, 4.69) is 10.3 Å². The van der Waals surface area contributed by atoms with E-state index in [1.165, 1.54) is 17.1 Å². The second-order valence-electron chi connectivity index (χ2n) is 7.22. The van der Waals surface area contributed by atoms with Gasteiger partial charge in [0.25, 0.3) is 5.91 Å². The van der Waals surface area contributed by atoms with Gasteiger partial charge in [0, 0.05) is 30.5 Å². The Bertz CT molecular complexity index is 1050. The number of hydrazine groups is 1. The lowest BCUT2D eigenvalue weighted by Crippen LogP contribution is -2.29. The summed E-state index contributed by atoms with van der Waals surface area (Å²) in [5.74, 6) is 5.54. The van der Waals surface area contributed by atoms with Gasteiger partial charge in [0.05, 0.1) is 12.0 Å². The molecule has 3 aromatic rings. The Labute approximate surface area is 174 Å². The quantitative estimate of drug-likeness (QED) is 0.430. The van der Waals surface area contributed by atoms with Crippen molar-refractivity contribution < 1.29 is 9.18 Å². The fourth-order valence-electron chi connectivity index (χ4n) is 2.99. The summed E-state index contributed by atoms with van der Waals surface area (Å²) in [6, 6.07) is 13.1. The minimum absolute atomic E-state index is 0.0680. The Hall–Kier alpha value is -3.65. The molecule has 0 aliphatic carbocycles. The van der Waals surface area contributed by atoms with Crippen molar-refractivity contribution in [2.75, 3.05) is 7.05 Å². The molecule has 0 radical (unpaired) electrons. The predicted molar refractivity (Wildman–Crippen MR) is 116 cm³/mol. The molecule has 5 N–H and O–H groups in total. The van der Waals surface area contributed by atoms with Crippen LogP contribution < -0.4 is 16.9 Å². The van der Waals surface area contributed by atoms with E-state index < -0.39 is 0 Å². The van der Waals surface area contributed by atoms with E-state index in [-0.39, 0.29) is 17.8 Å². The number of nitrogens with one attached hydrogen (secondary N) is 1. The van der Waals surface area contributed by atoms with E-state index in [1.807, 2.05) is 26.0 Å². The van der Waals surface area contributed by atoms with Crippen LogP contribution in [0.25, 0.3) is 17.1 Å². The van der Waals surface area contributed by atoms with Crippen LogP contribution in [-0.4, -0.2) is 33.6 Å². The van der Waals surface area contributed by atoms with Gasteiger partial charge in [-0.05, 0) is 67.9 Å². The first kappa shape index (κ1) is 21.1. The van der Waals surface area contributed by atoms with Crippen molar-refractivity contribution in [3.63, 3.8) is 0 Å². The van der Waals surface area contributed by atoms with Crippen molar-refractivity contribution in [3.8, 4) is 5.69 Å². The van der Waals surface area contributed by atoms with Gasteiger partial charge in [-0.3, -0.25) is 4.79 Å².